The van der Waals surface area contributed by atoms with Crippen molar-refractivity contribution in [1.82, 2.24) is 10.6 Å². The second-order valence-corrected chi connectivity index (χ2v) is 5.90. The van der Waals surface area contributed by atoms with Crippen molar-refractivity contribution in [3.63, 3.8) is 0 Å². The van der Waals surface area contributed by atoms with Gasteiger partial charge in [0.15, 0.2) is 5.96 Å². The number of hydrogen-bond acceptors (Lipinski definition) is 2. The van der Waals surface area contributed by atoms with Gasteiger partial charge in [0, 0.05) is 12.6 Å². The van der Waals surface area contributed by atoms with Gasteiger partial charge in [0.1, 0.15) is 5.82 Å². The van der Waals surface area contributed by atoms with Crippen molar-refractivity contribution in [2.75, 3.05) is 13.1 Å². The van der Waals surface area contributed by atoms with Gasteiger partial charge >= 0.3 is 0 Å². The molecular weight excluding hydrogens is 422 g/mol. The van der Waals surface area contributed by atoms with Crippen LogP contribution in [0.25, 0.3) is 0 Å². The van der Waals surface area contributed by atoms with Crippen LogP contribution in [0.4, 0.5) is 4.39 Å². The van der Waals surface area contributed by atoms with Crippen LogP contribution in [-0.2, 0) is 11.2 Å². The predicted octanol–water partition coefficient (Wildman–Crippen LogP) is 2.34. The minimum Gasteiger partial charge on any atom is -0.370 e. The lowest BCUT2D eigenvalue weighted by Gasteiger charge is -2.23. The van der Waals surface area contributed by atoms with E-state index in [1.807, 2.05) is 0 Å². The molecule has 1 amide bonds. The molecule has 0 bridgehead atoms. The maximum atomic E-state index is 12.8. The second-order valence-electron chi connectivity index (χ2n) is 5.90. The van der Waals surface area contributed by atoms with Crippen LogP contribution in [0.15, 0.2) is 29.3 Å². The van der Waals surface area contributed by atoms with Gasteiger partial charge in [0.25, 0.3) is 0 Å². The summed E-state index contributed by atoms with van der Waals surface area (Å²) in [7, 11) is 0. The molecule has 1 saturated carbocycles. The number of benzene rings is 1. The third-order valence-corrected chi connectivity index (χ3v) is 3.95. The molecule has 0 aromatic heterocycles. The van der Waals surface area contributed by atoms with E-state index in [2.05, 4.69) is 15.6 Å². The van der Waals surface area contributed by atoms with E-state index in [0.717, 1.165) is 18.4 Å². The van der Waals surface area contributed by atoms with Crippen molar-refractivity contribution in [2.24, 2.45) is 10.7 Å². The molecule has 5 nitrogen and oxygen atoms in total. The Morgan fingerprint density at radius 2 is 1.88 bits per heavy atom. The molecule has 0 atom stereocenters. The number of carbonyl (C=O) groups excluding carboxylic acids is 1. The number of nitrogens with one attached hydrogen (secondary N) is 2. The summed E-state index contributed by atoms with van der Waals surface area (Å²) in [6.07, 6.45) is 6.30. The first kappa shape index (κ1) is 20.7. The van der Waals surface area contributed by atoms with E-state index in [4.69, 9.17) is 5.73 Å². The molecule has 2 rings (SSSR count). The molecular formula is C17H26FIN4O. The Labute approximate surface area is 159 Å². The number of guanidine groups is 1. The average molecular weight is 448 g/mol. The van der Waals surface area contributed by atoms with Crippen LogP contribution in [0.1, 0.15) is 37.7 Å². The minimum absolute atomic E-state index is 0. The summed E-state index contributed by atoms with van der Waals surface area (Å²) in [5.41, 5.74) is 6.63. The summed E-state index contributed by atoms with van der Waals surface area (Å²) in [5, 5.41) is 6.01. The molecule has 1 aliphatic rings. The Morgan fingerprint density at radius 3 is 2.54 bits per heavy atom. The van der Waals surface area contributed by atoms with Gasteiger partial charge in [-0.1, -0.05) is 31.4 Å². The third kappa shape index (κ3) is 7.94. The number of carbonyl (C=O) groups is 1. The summed E-state index contributed by atoms with van der Waals surface area (Å²) in [4.78, 5) is 16.0. The zero-order valence-corrected chi connectivity index (χ0v) is 16.1. The maximum absolute atomic E-state index is 12.8. The summed E-state index contributed by atoms with van der Waals surface area (Å²) in [5.74, 6) is 0.0414. The fraction of sp³-hybridized carbons (Fsp3) is 0.529. The predicted molar refractivity (Wildman–Crippen MR) is 105 cm³/mol. The molecule has 0 radical (unpaired) electrons. The van der Waals surface area contributed by atoms with E-state index in [-0.39, 0.29) is 42.1 Å². The fourth-order valence-electron chi connectivity index (χ4n) is 2.72. The van der Waals surface area contributed by atoms with E-state index in [9.17, 15) is 9.18 Å². The number of rotatable bonds is 6. The second kappa shape index (κ2) is 11.2. The van der Waals surface area contributed by atoms with Crippen LogP contribution in [0.5, 0.6) is 0 Å². The third-order valence-electron chi connectivity index (χ3n) is 3.95. The van der Waals surface area contributed by atoms with Crippen LogP contribution in [-0.4, -0.2) is 31.0 Å². The molecule has 134 valence electrons. The first-order valence-corrected chi connectivity index (χ1v) is 8.21. The number of nitrogens with zero attached hydrogens (tertiary/aromatic N) is 1. The van der Waals surface area contributed by atoms with Gasteiger partial charge in [-0.2, -0.15) is 0 Å². The summed E-state index contributed by atoms with van der Waals surface area (Å²) in [6.45, 7) is 0.883. The van der Waals surface area contributed by atoms with Gasteiger partial charge in [-0.3, -0.25) is 9.79 Å². The molecule has 7 heteroatoms. The summed E-state index contributed by atoms with van der Waals surface area (Å²) >= 11 is 0. The van der Waals surface area contributed by atoms with Crippen molar-refractivity contribution in [3.8, 4) is 0 Å². The Hall–Kier alpha value is -1.38. The summed E-state index contributed by atoms with van der Waals surface area (Å²) < 4.78 is 12.8. The minimum atomic E-state index is -0.301. The molecule has 1 aromatic rings. The lowest BCUT2D eigenvalue weighted by molar-refractivity contribution is -0.120. The van der Waals surface area contributed by atoms with Crippen LogP contribution in [0.3, 0.4) is 0 Å². The first-order chi connectivity index (χ1) is 11.1. The summed E-state index contributed by atoms with van der Waals surface area (Å²) in [6, 6.07) is 6.36. The Bertz CT molecular complexity index is 530. The smallest absolute Gasteiger partial charge is 0.224 e. The Balaban J connectivity index is 0.00000288. The van der Waals surface area contributed by atoms with Gasteiger partial charge in [0.05, 0.1) is 13.0 Å². The van der Waals surface area contributed by atoms with Crippen LogP contribution < -0.4 is 16.4 Å². The highest BCUT2D eigenvalue weighted by molar-refractivity contribution is 14.0. The van der Waals surface area contributed by atoms with E-state index in [1.54, 1.807) is 12.1 Å². The Kier molecular flexibility index (Phi) is 9.66. The number of nitrogens with two attached hydrogens (primary N) is 1. The van der Waals surface area contributed by atoms with Gasteiger partial charge in [-0.15, -0.1) is 24.0 Å². The van der Waals surface area contributed by atoms with Gasteiger partial charge < -0.3 is 16.4 Å². The van der Waals surface area contributed by atoms with Gasteiger partial charge in [-0.05, 0) is 30.5 Å². The molecule has 1 aliphatic carbocycles. The maximum Gasteiger partial charge on any atom is 0.224 e. The number of hydrogen-bond donors (Lipinski definition) is 3. The number of amides is 1. The Morgan fingerprint density at radius 1 is 1.21 bits per heavy atom. The molecule has 24 heavy (non-hydrogen) atoms. The van der Waals surface area contributed by atoms with Crippen molar-refractivity contribution in [1.29, 1.82) is 0 Å². The number of halogens is 2. The molecule has 0 spiro atoms. The molecule has 1 aromatic carbocycles. The normalized spacial score (nSPS) is 15.5. The van der Waals surface area contributed by atoms with Gasteiger partial charge in [-0.25, -0.2) is 4.39 Å². The SMILES string of the molecule is I.NC(=NCCNC(=O)Cc1ccc(F)cc1)NC1CCCCC1. The lowest BCUT2D eigenvalue weighted by Crippen LogP contribution is -2.41. The highest BCUT2D eigenvalue weighted by atomic mass is 127. The van der Waals surface area contributed by atoms with Crippen molar-refractivity contribution in [2.45, 2.75) is 44.6 Å². The molecule has 4 N–H and O–H groups in total. The first-order valence-electron chi connectivity index (χ1n) is 8.21. The molecule has 0 saturated heterocycles. The van der Waals surface area contributed by atoms with Gasteiger partial charge in [0.2, 0.25) is 5.91 Å². The fourth-order valence-corrected chi connectivity index (χ4v) is 2.72. The van der Waals surface area contributed by atoms with E-state index >= 15 is 0 Å². The lowest BCUT2D eigenvalue weighted by atomic mass is 9.96. The molecule has 0 unspecified atom stereocenters. The highest BCUT2D eigenvalue weighted by Crippen LogP contribution is 2.16. The van der Waals surface area contributed by atoms with E-state index in [1.165, 1.54) is 31.4 Å². The van der Waals surface area contributed by atoms with Crippen molar-refractivity contribution < 1.29 is 9.18 Å². The van der Waals surface area contributed by atoms with Crippen molar-refractivity contribution >= 4 is 35.8 Å². The number of aliphatic imine (C=N–C) groups is 1. The zero-order valence-electron chi connectivity index (χ0n) is 13.8. The topological polar surface area (TPSA) is 79.5 Å². The standard InChI is InChI=1S/C17H25FN4O.HI/c18-14-8-6-13(7-9-14)12-16(23)20-10-11-21-17(19)22-15-4-2-1-3-5-15;/h6-9,15H,1-5,10-12H2,(H,20,23)(H3,19,21,22);1H. The van der Waals surface area contributed by atoms with Crippen LogP contribution in [0, 0.1) is 5.82 Å². The van der Waals surface area contributed by atoms with Crippen LogP contribution >= 0.6 is 24.0 Å². The largest absolute Gasteiger partial charge is 0.370 e. The zero-order chi connectivity index (χ0) is 16.5. The molecule has 1 fully saturated rings. The highest BCUT2D eigenvalue weighted by Gasteiger charge is 2.13. The van der Waals surface area contributed by atoms with E-state index in [0.29, 0.717) is 25.1 Å². The monoisotopic (exact) mass is 448 g/mol. The van der Waals surface area contributed by atoms with Crippen molar-refractivity contribution in [3.05, 3.63) is 35.6 Å². The average Bonchev–Trinajstić information content (AvgIpc) is 2.55. The quantitative estimate of drug-likeness (QED) is 0.271. The van der Waals surface area contributed by atoms with E-state index < -0.39 is 0 Å². The molecule has 0 aliphatic heterocycles. The van der Waals surface area contributed by atoms with Crippen LogP contribution in [0.2, 0.25) is 0 Å². The molecule has 0 heterocycles.